The van der Waals surface area contributed by atoms with Crippen molar-refractivity contribution in [3.8, 4) is 6.07 Å². The van der Waals surface area contributed by atoms with Gasteiger partial charge in [0.2, 0.25) is 0 Å². The number of ether oxygens (including phenoxy) is 1. The first kappa shape index (κ1) is 12.2. The number of hydrogen-bond acceptors (Lipinski definition) is 4. The quantitative estimate of drug-likeness (QED) is 0.828. The molecule has 0 radical (unpaired) electrons. The van der Waals surface area contributed by atoms with Gasteiger partial charge in [0.05, 0.1) is 30.1 Å². The number of aryl methyl sites for hydroxylation is 1. The molecular weight excluding hydrogens is 240 g/mol. The fraction of sp³-hybridized carbons (Fsp3) is 0.467. The van der Waals surface area contributed by atoms with Crippen LogP contribution in [0.1, 0.15) is 25.3 Å². The fourth-order valence-corrected chi connectivity index (χ4v) is 2.64. The standard InChI is InChI=1S/C15H16N2O2/c1-10-17-12-6-11(4-5-13(12)19-10)15(8-18-9-15)14(2,3)7-16/h4-6H,8-9H2,1-3H3. The number of aromatic nitrogens is 1. The summed E-state index contributed by atoms with van der Waals surface area (Å²) in [6, 6.07) is 8.38. The van der Waals surface area contributed by atoms with Gasteiger partial charge < -0.3 is 9.15 Å². The topological polar surface area (TPSA) is 59.0 Å². The van der Waals surface area contributed by atoms with Gasteiger partial charge in [-0.2, -0.15) is 5.26 Å². The molecule has 1 aromatic carbocycles. The van der Waals surface area contributed by atoms with Crippen LogP contribution in [0.3, 0.4) is 0 Å². The van der Waals surface area contributed by atoms with Gasteiger partial charge in [-0.1, -0.05) is 6.07 Å². The molecule has 98 valence electrons. The lowest BCUT2D eigenvalue weighted by Gasteiger charge is -2.49. The van der Waals surface area contributed by atoms with Crippen molar-refractivity contribution in [2.24, 2.45) is 5.41 Å². The molecule has 1 saturated heterocycles. The van der Waals surface area contributed by atoms with Gasteiger partial charge in [-0.05, 0) is 31.5 Å². The second-order valence-corrected chi connectivity index (χ2v) is 5.73. The van der Waals surface area contributed by atoms with Crippen LogP contribution in [0.2, 0.25) is 0 Å². The summed E-state index contributed by atoms with van der Waals surface area (Å²) in [6.07, 6.45) is 0. The van der Waals surface area contributed by atoms with Crippen LogP contribution in [-0.2, 0) is 10.2 Å². The average Bonchev–Trinajstić information content (AvgIpc) is 2.66. The summed E-state index contributed by atoms with van der Waals surface area (Å²) in [5, 5.41) is 9.43. The summed E-state index contributed by atoms with van der Waals surface area (Å²) in [4.78, 5) is 4.36. The summed E-state index contributed by atoms with van der Waals surface area (Å²) in [7, 11) is 0. The van der Waals surface area contributed by atoms with Crippen LogP contribution >= 0.6 is 0 Å². The molecule has 3 rings (SSSR count). The molecule has 4 heteroatoms. The molecule has 0 unspecified atom stereocenters. The van der Waals surface area contributed by atoms with E-state index < -0.39 is 5.41 Å². The SMILES string of the molecule is Cc1nc2cc(C3(C(C)(C)C#N)COC3)ccc2o1. The molecule has 4 nitrogen and oxygen atoms in total. The Hall–Kier alpha value is -1.86. The Bertz CT molecular complexity index is 675. The summed E-state index contributed by atoms with van der Waals surface area (Å²) >= 11 is 0. The number of hydrogen-bond donors (Lipinski definition) is 0. The van der Waals surface area contributed by atoms with Crippen LogP contribution in [0.5, 0.6) is 0 Å². The monoisotopic (exact) mass is 256 g/mol. The first-order valence-electron chi connectivity index (χ1n) is 6.35. The zero-order valence-electron chi connectivity index (χ0n) is 11.4. The maximum atomic E-state index is 9.43. The van der Waals surface area contributed by atoms with Gasteiger partial charge in [0.15, 0.2) is 11.5 Å². The molecule has 0 N–H and O–H groups in total. The van der Waals surface area contributed by atoms with Gasteiger partial charge in [-0.15, -0.1) is 0 Å². The van der Waals surface area contributed by atoms with Gasteiger partial charge >= 0.3 is 0 Å². The Morgan fingerprint density at radius 2 is 2.11 bits per heavy atom. The van der Waals surface area contributed by atoms with Crippen molar-refractivity contribution in [3.63, 3.8) is 0 Å². The highest BCUT2D eigenvalue weighted by molar-refractivity contribution is 5.74. The van der Waals surface area contributed by atoms with E-state index in [1.54, 1.807) is 0 Å². The summed E-state index contributed by atoms with van der Waals surface area (Å²) in [6.45, 7) is 6.93. The molecule has 0 amide bonds. The molecule has 0 atom stereocenters. The maximum Gasteiger partial charge on any atom is 0.192 e. The van der Waals surface area contributed by atoms with E-state index in [1.165, 1.54) is 0 Å². The number of nitrogens with zero attached hydrogens (tertiary/aromatic N) is 2. The zero-order valence-corrected chi connectivity index (χ0v) is 11.4. The summed E-state index contributed by atoms with van der Waals surface area (Å²) < 4.78 is 10.9. The third kappa shape index (κ3) is 1.58. The minimum absolute atomic E-state index is 0.247. The lowest BCUT2D eigenvalue weighted by Crippen LogP contribution is -2.56. The third-order valence-electron chi connectivity index (χ3n) is 4.22. The molecule has 1 aliphatic rings. The predicted molar refractivity (Wildman–Crippen MR) is 70.6 cm³/mol. The van der Waals surface area contributed by atoms with Crippen molar-refractivity contribution in [3.05, 3.63) is 29.7 Å². The highest BCUT2D eigenvalue weighted by atomic mass is 16.5. The average molecular weight is 256 g/mol. The Morgan fingerprint density at radius 3 is 2.68 bits per heavy atom. The molecule has 19 heavy (non-hydrogen) atoms. The van der Waals surface area contributed by atoms with Crippen molar-refractivity contribution in [1.82, 2.24) is 4.98 Å². The number of rotatable bonds is 2. The van der Waals surface area contributed by atoms with E-state index in [0.29, 0.717) is 19.1 Å². The Morgan fingerprint density at radius 1 is 1.37 bits per heavy atom. The van der Waals surface area contributed by atoms with Crippen LogP contribution in [0.15, 0.2) is 22.6 Å². The fourth-order valence-electron chi connectivity index (χ4n) is 2.64. The molecule has 0 aliphatic carbocycles. The lowest BCUT2D eigenvalue weighted by atomic mass is 9.61. The Kier molecular flexibility index (Phi) is 2.45. The van der Waals surface area contributed by atoms with Gasteiger partial charge in [0, 0.05) is 6.92 Å². The second-order valence-electron chi connectivity index (χ2n) is 5.73. The number of nitriles is 1. The van der Waals surface area contributed by atoms with Gasteiger partial charge in [0.1, 0.15) is 5.52 Å². The third-order valence-corrected chi connectivity index (χ3v) is 4.22. The molecule has 2 aromatic rings. The van der Waals surface area contributed by atoms with Crippen LogP contribution in [0, 0.1) is 23.7 Å². The van der Waals surface area contributed by atoms with E-state index in [0.717, 1.165) is 16.7 Å². The van der Waals surface area contributed by atoms with Crippen LogP contribution in [-0.4, -0.2) is 18.2 Å². The van der Waals surface area contributed by atoms with Crippen molar-refractivity contribution >= 4 is 11.1 Å². The molecule has 1 fully saturated rings. The number of fused-ring (bicyclic) bond motifs is 1. The molecule has 0 bridgehead atoms. The lowest BCUT2D eigenvalue weighted by molar-refractivity contribution is -0.102. The van der Waals surface area contributed by atoms with E-state index in [9.17, 15) is 5.26 Å². The maximum absolute atomic E-state index is 9.43. The molecule has 2 heterocycles. The van der Waals surface area contributed by atoms with Gasteiger partial charge in [0.25, 0.3) is 0 Å². The molecular formula is C15H16N2O2. The minimum Gasteiger partial charge on any atom is -0.441 e. The van der Waals surface area contributed by atoms with Crippen molar-refractivity contribution in [2.75, 3.05) is 13.2 Å². The first-order chi connectivity index (χ1) is 8.98. The first-order valence-corrected chi connectivity index (χ1v) is 6.35. The summed E-state index contributed by atoms with van der Waals surface area (Å²) in [5.74, 6) is 0.658. The number of oxazole rings is 1. The Balaban J connectivity index is 2.14. The molecule has 0 saturated carbocycles. The van der Waals surface area contributed by atoms with Crippen LogP contribution < -0.4 is 0 Å². The summed E-state index contributed by atoms with van der Waals surface area (Å²) in [5.41, 5.74) is 2.01. The van der Waals surface area contributed by atoms with E-state index in [1.807, 2.05) is 39.0 Å². The normalized spacial score (nSPS) is 18.0. The smallest absolute Gasteiger partial charge is 0.192 e. The Labute approximate surface area is 112 Å². The van der Waals surface area contributed by atoms with Crippen molar-refractivity contribution in [2.45, 2.75) is 26.2 Å². The highest BCUT2D eigenvalue weighted by Gasteiger charge is 2.52. The van der Waals surface area contributed by atoms with Gasteiger partial charge in [-0.25, -0.2) is 4.98 Å². The van der Waals surface area contributed by atoms with E-state index in [2.05, 4.69) is 11.1 Å². The van der Waals surface area contributed by atoms with Crippen molar-refractivity contribution < 1.29 is 9.15 Å². The molecule has 1 aromatic heterocycles. The van der Waals surface area contributed by atoms with E-state index >= 15 is 0 Å². The molecule has 1 aliphatic heterocycles. The predicted octanol–water partition coefficient (Wildman–Crippen LogP) is 2.95. The highest BCUT2D eigenvalue weighted by Crippen LogP contribution is 2.47. The minimum atomic E-state index is -0.474. The van der Waals surface area contributed by atoms with Crippen LogP contribution in [0.25, 0.3) is 11.1 Å². The van der Waals surface area contributed by atoms with Crippen molar-refractivity contribution in [1.29, 1.82) is 5.26 Å². The zero-order chi connectivity index (χ0) is 13.7. The van der Waals surface area contributed by atoms with E-state index in [-0.39, 0.29) is 5.41 Å². The largest absolute Gasteiger partial charge is 0.441 e. The number of benzene rings is 1. The van der Waals surface area contributed by atoms with E-state index in [4.69, 9.17) is 9.15 Å². The second kappa shape index (κ2) is 3.82. The van der Waals surface area contributed by atoms with Crippen LogP contribution in [0.4, 0.5) is 0 Å². The molecule has 0 spiro atoms. The van der Waals surface area contributed by atoms with Gasteiger partial charge in [-0.3, -0.25) is 0 Å².